The number of halogens is 1. The third-order valence-corrected chi connectivity index (χ3v) is 2.94. The lowest BCUT2D eigenvalue weighted by Crippen LogP contribution is -2.30. The van der Waals surface area contributed by atoms with E-state index in [-0.39, 0.29) is 17.9 Å². The molecule has 0 aliphatic heterocycles. The highest BCUT2D eigenvalue weighted by molar-refractivity contribution is 5.46. The van der Waals surface area contributed by atoms with E-state index in [0.29, 0.717) is 5.82 Å². The van der Waals surface area contributed by atoms with Gasteiger partial charge in [-0.1, -0.05) is 0 Å². The summed E-state index contributed by atoms with van der Waals surface area (Å²) in [4.78, 5) is 8.34. The molecular formula is C15H19FN4. The Labute approximate surface area is 118 Å². The predicted molar refractivity (Wildman–Crippen MR) is 77.7 cm³/mol. The van der Waals surface area contributed by atoms with E-state index in [1.807, 2.05) is 26.8 Å². The van der Waals surface area contributed by atoms with Gasteiger partial charge in [0.1, 0.15) is 11.6 Å². The molecule has 2 aromatic rings. The first-order valence-corrected chi connectivity index (χ1v) is 6.57. The van der Waals surface area contributed by atoms with Gasteiger partial charge in [-0.2, -0.15) is 0 Å². The molecule has 1 unspecified atom stereocenters. The lowest BCUT2D eigenvalue weighted by molar-refractivity contribution is 0.517. The summed E-state index contributed by atoms with van der Waals surface area (Å²) in [5.74, 6) is 0.104. The van der Waals surface area contributed by atoms with Crippen molar-refractivity contribution in [3.8, 4) is 0 Å². The summed E-state index contributed by atoms with van der Waals surface area (Å²) in [5, 5.41) is 3.39. The van der Waals surface area contributed by atoms with E-state index in [1.165, 1.54) is 12.3 Å². The van der Waals surface area contributed by atoms with Gasteiger partial charge in [0.05, 0.1) is 17.9 Å². The van der Waals surface area contributed by atoms with Gasteiger partial charge in [0.25, 0.3) is 0 Å². The average Bonchev–Trinajstić information content (AvgIpc) is 2.40. The minimum Gasteiger partial charge on any atom is -0.383 e. The third-order valence-electron chi connectivity index (χ3n) is 2.94. The molecule has 2 rings (SSSR count). The number of nitrogen functional groups attached to an aromatic ring is 1. The molecule has 0 aliphatic carbocycles. The Hall–Kier alpha value is -2.01. The number of nitrogens with zero attached hydrogens (tertiary/aromatic N) is 2. The summed E-state index contributed by atoms with van der Waals surface area (Å²) in [6.45, 7) is 6.03. The number of aromatic nitrogens is 2. The zero-order chi connectivity index (χ0) is 14.7. The van der Waals surface area contributed by atoms with Gasteiger partial charge in [-0.3, -0.25) is 4.98 Å². The zero-order valence-electron chi connectivity index (χ0n) is 11.9. The molecule has 0 spiro atoms. The van der Waals surface area contributed by atoms with Crippen LogP contribution in [0.15, 0.2) is 30.6 Å². The Balaban J connectivity index is 2.46. The Morgan fingerprint density at radius 2 is 1.95 bits per heavy atom. The molecule has 2 heterocycles. The van der Waals surface area contributed by atoms with Crippen LogP contribution in [0.4, 0.5) is 10.2 Å². The van der Waals surface area contributed by atoms with Crippen LogP contribution >= 0.6 is 0 Å². The molecule has 0 saturated carbocycles. The normalized spacial score (nSPS) is 12.7. The maximum absolute atomic E-state index is 13.0. The molecule has 0 aliphatic rings. The van der Waals surface area contributed by atoms with Crippen molar-refractivity contribution in [3.63, 3.8) is 0 Å². The molecule has 2 aromatic heterocycles. The summed E-state index contributed by atoms with van der Waals surface area (Å²) >= 11 is 0. The topological polar surface area (TPSA) is 63.8 Å². The van der Waals surface area contributed by atoms with E-state index in [2.05, 4.69) is 15.3 Å². The summed E-state index contributed by atoms with van der Waals surface area (Å²) in [5.41, 5.74) is 8.58. The van der Waals surface area contributed by atoms with Gasteiger partial charge in [-0.15, -0.1) is 0 Å². The van der Waals surface area contributed by atoms with E-state index in [4.69, 9.17) is 5.73 Å². The Kier molecular flexibility index (Phi) is 4.29. The van der Waals surface area contributed by atoms with Crippen molar-refractivity contribution >= 4 is 5.82 Å². The van der Waals surface area contributed by atoms with E-state index in [0.717, 1.165) is 16.8 Å². The standard InChI is InChI=1S/C15H19FN4/c1-9(2)20-14(13-5-4-11(16)8-18-13)12-6-10(3)7-19-15(12)17/h4-9,14,20H,1-3H3,(H2,17,19). The van der Waals surface area contributed by atoms with Crippen molar-refractivity contribution in [2.24, 2.45) is 0 Å². The smallest absolute Gasteiger partial charge is 0.141 e. The van der Waals surface area contributed by atoms with Gasteiger partial charge in [0.2, 0.25) is 0 Å². The van der Waals surface area contributed by atoms with Crippen LogP contribution in [0.3, 0.4) is 0 Å². The van der Waals surface area contributed by atoms with Gasteiger partial charge < -0.3 is 11.1 Å². The van der Waals surface area contributed by atoms with Crippen LogP contribution in [0.5, 0.6) is 0 Å². The van der Waals surface area contributed by atoms with Gasteiger partial charge in [-0.25, -0.2) is 9.37 Å². The van der Waals surface area contributed by atoms with Crippen LogP contribution in [0, 0.1) is 12.7 Å². The number of aryl methyl sites for hydroxylation is 1. The van der Waals surface area contributed by atoms with Crippen LogP contribution in [0.25, 0.3) is 0 Å². The van der Waals surface area contributed by atoms with Crippen LogP contribution in [-0.2, 0) is 0 Å². The van der Waals surface area contributed by atoms with Crippen LogP contribution in [0.2, 0.25) is 0 Å². The third kappa shape index (κ3) is 3.30. The highest BCUT2D eigenvalue weighted by Crippen LogP contribution is 2.25. The zero-order valence-corrected chi connectivity index (χ0v) is 11.9. The van der Waals surface area contributed by atoms with Crippen molar-refractivity contribution in [3.05, 3.63) is 53.2 Å². The monoisotopic (exact) mass is 274 g/mol. The molecule has 0 amide bonds. The number of rotatable bonds is 4. The first-order chi connectivity index (χ1) is 9.47. The van der Waals surface area contributed by atoms with E-state index >= 15 is 0 Å². The summed E-state index contributed by atoms with van der Waals surface area (Å²) < 4.78 is 13.0. The van der Waals surface area contributed by atoms with Crippen LogP contribution < -0.4 is 11.1 Å². The second-order valence-corrected chi connectivity index (χ2v) is 5.14. The molecule has 3 N–H and O–H groups in total. The van der Waals surface area contributed by atoms with Crippen LogP contribution in [-0.4, -0.2) is 16.0 Å². The van der Waals surface area contributed by atoms with Gasteiger partial charge in [0.15, 0.2) is 0 Å². The molecule has 0 radical (unpaired) electrons. The van der Waals surface area contributed by atoms with Gasteiger partial charge in [-0.05, 0) is 44.5 Å². The van der Waals surface area contributed by atoms with E-state index in [1.54, 1.807) is 12.3 Å². The van der Waals surface area contributed by atoms with E-state index in [9.17, 15) is 4.39 Å². The molecule has 1 atom stereocenters. The molecule has 0 aromatic carbocycles. The summed E-state index contributed by atoms with van der Waals surface area (Å²) in [6.07, 6.45) is 2.94. The lowest BCUT2D eigenvalue weighted by Gasteiger charge is -2.22. The summed E-state index contributed by atoms with van der Waals surface area (Å²) in [6, 6.07) is 5.07. The van der Waals surface area contributed by atoms with Crippen molar-refractivity contribution in [1.29, 1.82) is 0 Å². The number of pyridine rings is 2. The van der Waals surface area contributed by atoms with E-state index < -0.39 is 0 Å². The quantitative estimate of drug-likeness (QED) is 0.899. The molecule has 0 fully saturated rings. The minimum atomic E-state index is -0.354. The molecular weight excluding hydrogens is 255 g/mol. The Morgan fingerprint density at radius 3 is 2.55 bits per heavy atom. The average molecular weight is 274 g/mol. The Morgan fingerprint density at radius 1 is 1.20 bits per heavy atom. The summed E-state index contributed by atoms with van der Waals surface area (Å²) in [7, 11) is 0. The number of nitrogens with one attached hydrogen (secondary N) is 1. The second kappa shape index (κ2) is 5.96. The maximum atomic E-state index is 13.0. The lowest BCUT2D eigenvalue weighted by atomic mass is 10.0. The van der Waals surface area contributed by atoms with Gasteiger partial charge in [0, 0.05) is 17.8 Å². The molecule has 0 bridgehead atoms. The van der Waals surface area contributed by atoms with Crippen molar-refractivity contribution in [2.75, 3.05) is 5.73 Å². The van der Waals surface area contributed by atoms with Crippen molar-refractivity contribution in [2.45, 2.75) is 32.9 Å². The number of nitrogens with two attached hydrogens (primary N) is 1. The number of hydrogen-bond acceptors (Lipinski definition) is 4. The maximum Gasteiger partial charge on any atom is 0.141 e. The van der Waals surface area contributed by atoms with Gasteiger partial charge >= 0.3 is 0 Å². The minimum absolute atomic E-state index is 0.206. The first kappa shape index (κ1) is 14.4. The number of hydrogen-bond donors (Lipinski definition) is 2. The predicted octanol–water partition coefficient (Wildman–Crippen LogP) is 2.59. The fraction of sp³-hybridized carbons (Fsp3) is 0.333. The molecule has 20 heavy (non-hydrogen) atoms. The van der Waals surface area contributed by atoms with Crippen molar-refractivity contribution < 1.29 is 4.39 Å². The fourth-order valence-corrected chi connectivity index (χ4v) is 2.06. The molecule has 5 heteroatoms. The highest BCUT2D eigenvalue weighted by Gasteiger charge is 2.19. The highest BCUT2D eigenvalue weighted by atomic mass is 19.1. The SMILES string of the molecule is Cc1cnc(N)c(C(NC(C)C)c2ccc(F)cn2)c1. The molecule has 106 valence electrons. The number of anilines is 1. The second-order valence-electron chi connectivity index (χ2n) is 5.14. The molecule has 4 nitrogen and oxygen atoms in total. The molecule has 0 saturated heterocycles. The van der Waals surface area contributed by atoms with Crippen LogP contribution in [0.1, 0.15) is 36.7 Å². The first-order valence-electron chi connectivity index (χ1n) is 6.57. The largest absolute Gasteiger partial charge is 0.383 e. The fourth-order valence-electron chi connectivity index (χ4n) is 2.06. The van der Waals surface area contributed by atoms with Crippen molar-refractivity contribution in [1.82, 2.24) is 15.3 Å². The Bertz CT molecular complexity index is 581.